The largest absolute Gasteiger partial charge is 0.496 e. The maximum Gasteiger partial charge on any atom is 0.128 e. The van der Waals surface area contributed by atoms with E-state index in [4.69, 9.17) is 4.74 Å². The van der Waals surface area contributed by atoms with Crippen LogP contribution in [0.2, 0.25) is 0 Å². The first kappa shape index (κ1) is 21.2. The second kappa shape index (κ2) is 8.89. The molecule has 156 valence electrons. The van der Waals surface area contributed by atoms with Gasteiger partial charge >= 0.3 is 0 Å². The molecule has 0 spiro atoms. The third-order valence-corrected chi connectivity index (χ3v) is 6.52. The van der Waals surface area contributed by atoms with Crippen molar-refractivity contribution in [1.82, 2.24) is 0 Å². The van der Waals surface area contributed by atoms with Crippen LogP contribution in [0.5, 0.6) is 5.75 Å². The summed E-state index contributed by atoms with van der Waals surface area (Å²) >= 11 is 0. The van der Waals surface area contributed by atoms with Gasteiger partial charge in [0.2, 0.25) is 0 Å². The van der Waals surface area contributed by atoms with Gasteiger partial charge in [-0.05, 0) is 56.2 Å². The maximum atomic E-state index is 13.9. The lowest BCUT2D eigenvalue weighted by Crippen LogP contribution is -2.39. The number of nitrogens with one attached hydrogen (secondary N) is 1. The second-order valence-corrected chi connectivity index (χ2v) is 7.91. The minimum Gasteiger partial charge on any atom is -0.496 e. The van der Waals surface area contributed by atoms with E-state index >= 15 is 0 Å². The summed E-state index contributed by atoms with van der Waals surface area (Å²) in [6, 6.07) is 11.4. The molecule has 1 heterocycles. The summed E-state index contributed by atoms with van der Waals surface area (Å²) in [6.07, 6.45) is 5.34. The number of benzene rings is 2. The summed E-state index contributed by atoms with van der Waals surface area (Å²) in [6.45, 7) is 11.5. The summed E-state index contributed by atoms with van der Waals surface area (Å²) in [4.78, 5) is 2.31. The van der Waals surface area contributed by atoms with Gasteiger partial charge in [-0.1, -0.05) is 26.0 Å². The van der Waals surface area contributed by atoms with Crippen molar-refractivity contribution in [2.45, 2.75) is 39.5 Å². The van der Waals surface area contributed by atoms with E-state index < -0.39 is 0 Å². The molecule has 3 rings (SSSR count). The van der Waals surface area contributed by atoms with Crippen LogP contribution in [0.3, 0.4) is 0 Å². The van der Waals surface area contributed by atoms with Crippen LogP contribution < -0.4 is 15.0 Å². The molecule has 0 aliphatic carbocycles. The first-order valence-corrected chi connectivity index (χ1v) is 10.6. The first-order chi connectivity index (χ1) is 14.0. The molecule has 4 heteroatoms. The van der Waals surface area contributed by atoms with Crippen LogP contribution in [-0.4, -0.2) is 26.7 Å². The van der Waals surface area contributed by atoms with Gasteiger partial charge in [0, 0.05) is 54.0 Å². The van der Waals surface area contributed by atoms with Crippen molar-refractivity contribution in [1.29, 1.82) is 0 Å². The van der Waals surface area contributed by atoms with Crippen molar-refractivity contribution >= 4 is 17.5 Å². The molecule has 0 aromatic heterocycles. The average molecular weight is 397 g/mol. The highest BCUT2D eigenvalue weighted by Crippen LogP contribution is 2.44. The van der Waals surface area contributed by atoms with Gasteiger partial charge in [0.05, 0.1) is 7.11 Å². The Morgan fingerprint density at radius 2 is 1.93 bits per heavy atom. The molecule has 0 radical (unpaired) electrons. The molecule has 0 amide bonds. The molecule has 29 heavy (non-hydrogen) atoms. The predicted molar refractivity (Wildman–Crippen MR) is 122 cm³/mol. The monoisotopic (exact) mass is 396 g/mol. The van der Waals surface area contributed by atoms with E-state index in [-0.39, 0.29) is 17.2 Å². The Morgan fingerprint density at radius 3 is 2.59 bits per heavy atom. The van der Waals surface area contributed by atoms with Crippen LogP contribution >= 0.6 is 0 Å². The summed E-state index contributed by atoms with van der Waals surface area (Å²) in [5, 5.41) is 3.48. The molecule has 0 saturated heterocycles. The van der Waals surface area contributed by atoms with Gasteiger partial charge in [0.25, 0.3) is 0 Å². The molecule has 2 unspecified atom stereocenters. The van der Waals surface area contributed by atoms with Crippen molar-refractivity contribution in [2.24, 2.45) is 5.92 Å². The van der Waals surface area contributed by atoms with Gasteiger partial charge in [-0.15, -0.1) is 0 Å². The lowest BCUT2D eigenvalue weighted by Gasteiger charge is -2.42. The Bertz CT molecular complexity index is 875. The van der Waals surface area contributed by atoms with E-state index in [1.807, 2.05) is 6.07 Å². The Balaban J connectivity index is 1.91. The number of rotatable bonds is 7. The van der Waals surface area contributed by atoms with Gasteiger partial charge in [-0.25, -0.2) is 4.39 Å². The number of anilines is 2. The standard InChI is InChI=1S/C25H33FN2O/c1-6-25(4)19(17-27-23-14-12-20(26)15-22(23)25)11-9-18-10-13-21(16-24(18)29-5)28(7-2)8-3/h9-16,19,27H,6-8,17H2,1-5H3/b11-9+. The Hall–Kier alpha value is -2.49. The molecular formula is C25H33FN2O. The molecule has 2 aromatic carbocycles. The van der Waals surface area contributed by atoms with Crippen LogP contribution in [0.4, 0.5) is 15.8 Å². The number of nitrogens with zero attached hydrogens (tertiary/aromatic N) is 1. The summed E-state index contributed by atoms with van der Waals surface area (Å²) < 4.78 is 19.6. The lowest BCUT2D eigenvalue weighted by atomic mass is 9.67. The Morgan fingerprint density at radius 1 is 1.17 bits per heavy atom. The predicted octanol–water partition coefficient (Wildman–Crippen LogP) is 6.10. The van der Waals surface area contributed by atoms with Gasteiger partial charge in [-0.2, -0.15) is 0 Å². The van der Waals surface area contributed by atoms with E-state index in [0.717, 1.165) is 48.6 Å². The van der Waals surface area contributed by atoms with Crippen LogP contribution in [0, 0.1) is 11.7 Å². The van der Waals surface area contributed by atoms with Crippen LogP contribution in [0.15, 0.2) is 42.5 Å². The normalized spacial score (nSPS) is 21.0. The van der Waals surface area contributed by atoms with E-state index in [1.165, 1.54) is 11.8 Å². The highest BCUT2D eigenvalue weighted by Gasteiger charge is 2.38. The smallest absolute Gasteiger partial charge is 0.128 e. The molecule has 3 nitrogen and oxygen atoms in total. The number of hydrogen-bond donors (Lipinski definition) is 1. The van der Waals surface area contributed by atoms with E-state index in [9.17, 15) is 4.39 Å². The van der Waals surface area contributed by atoms with E-state index in [0.29, 0.717) is 0 Å². The summed E-state index contributed by atoms with van der Waals surface area (Å²) in [5.41, 5.74) is 4.22. The van der Waals surface area contributed by atoms with Gasteiger partial charge in [0.15, 0.2) is 0 Å². The molecule has 0 fully saturated rings. The molecule has 0 saturated carbocycles. The number of methoxy groups -OCH3 is 1. The number of fused-ring (bicyclic) bond motifs is 1. The van der Waals surface area contributed by atoms with Crippen molar-refractivity contribution in [2.75, 3.05) is 37.0 Å². The molecule has 2 atom stereocenters. The lowest BCUT2D eigenvalue weighted by molar-refractivity contribution is 0.337. The molecule has 2 aromatic rings. The van der Waals surface area contributed by atoms with Gasteiger partial charge < -0.3 is 15.0 Å². The fourth-order valence-corrected chi connectivity index (χ4v) is 4.36. The molecule has 0 bridgehead atoms. The minimum atomic E-state index is -0.177. The number of hydrogen-bond acceptors (Lipinski definition) is 3. The fraction of sp³-hybridized carbons (Fsp3) is 0.440. The highest BCUT2D eigenvalue weighted by molar-refractivity contribution is 5.65. The zero-order chi connectivity index (χ0) is 21.0. The fourth-order valence-electron chi connectivity index (χ4n) is 4.36. The first-order valence-electron chi connectivity index (χ1n) is 10.6. The molecular weight excluding hydrogens is 363 g/mol. The third-order valence-electron chi connectivity index (χ3n) is 6.52. The van der Waals surface area contributed by atoms with Crippen LogP contribution in [-0.2, 0) is 5.41 Å². The average Bonchev–Trinajstić information content (AvgIpc) is 2.75. The van der Waals surface area contributed by atoms with Crippen molar-refractivity contribution < 1.29 is 9.13 Å². The van der Waals surface area contributed by atoms with Gasteiger partial charge in [-0.3, -0.25) is 0 Å². The van der Waals surface area contributed by atoms with E-state index in [1.54, 1.807) is 13.2 Å². The van der Waals surface area contributed by atoms with Crippen LogP contribution in [0.1, 0.15) is 45.2 Å². The van der Waals surface area contributed by atoms with Crippen molar-refractivity contribution in [3.05, 3.63) is 59.4 Å². The number of ether oxygens (including phenoxy) is 1. The summed E-state index contributed by atoms with van der Waals surface area (Å²) in [7, 11) is 1.72. The zero-order valence-electron chi connectivity index (χ0n) is 18.3. The molecule has 1 N–H and O–H groups in total. The zero-order valence-corrected chi connectivity index (χ0v) is 18.3. The molecule has 1 aliphatic heterocycles. The topological polar surface area (TPSA) is 24.5 Å². The van der Waals surface area contributed by atoms with Crippen LogP contribution in [0.25, 0.3) is 6.08 Å². The third kappa shape index (κ3) is 4.12. The number of halogens is 1. The maximum absolute atomic E-state index is 13.9. The van der Waals surface area contributed by atoms with E-state index in [2.05, 4.69) is 68.3 Å². The minimum absolute atomic E-state index is 0.117. The van der Waals surface area contributed by atoms with Crippen molar-refractivity contribution in [3.63, 3.8) is 0 Å². The SMILES string of the molecule is CCN(CC)c1ccc(/C=C/C2CNc3ccc(F)cc3C2(C)CC)c(OC)c1. The summed E-state index contributed by atoms with van der Waals surface area (Å²) in [5.74, 6) is 0.955. The molecule has 1 aliphatic rings. The second-order valence-electron chi connectivity index (χ2n) is 7.91. The highest BCUT2D eigenvalue weighted by atomic mass is 19.1. The quantitative estimate of drug-likeness (QED) is 0.612. The Labute approximate surface area is 174 Å². The van der Waals surface area contributed by atoms with Gasteiger partial charge in [0.1, 0.15) is 11.6 Å². The Kier molecular flexibility index (Phi) is 6.51. The van der Waals surface area contributed by atoms with Crippen molar-refractivity contribution in [3.8, 4) is 5.75 Å².